The van der Waals surface area contributed by atoms with Crippen LogP contribution >= 0.6 is 0 Å². The highest BCUT2D eigenvalue weighted by molar-refractivity contribution is 7.92. The molecule has 0 amide bonds. The van der Waals surface area contributed by atoms with Crippen LogP contribution in [0.3, 0.4) is 0 Å². The number of hydrogen-bond donors (Lipinski definition) is 2. The van der Waals surface area contributed by atoms with Gasteiger partial charge in [0.2, 0.25) is 10.0 Å². The molecule has 0 unspecified atom stereocenters. The van der Waals surface area contributed by atoms with E-state index in [1.165, 1.54) is 18.3 Å². The molecule has 2 rings (SSSR count). The van der Waals surface area contributed by atoms with E-state index in [4.69, 9.17) is 5.11 Å². The summed E-state index contributed by atoms with van der Waals surface area (Å²) in [5.41, 5.74) is 0.618. The second kappa shape index (κ2) is 6.31. The molecule has 0 atom stereocenters. The molecule has 0 aliphatic heterocycles. The van der Waals surface area contributed by atoms with Gasteiger partial charge in [-0.1, -0.05) is 6.07 Å². The Morgan fingerprint density at radius 1 is 1.19 bits per heavy atom. The van der Waals surface area contributed by atoms with E-state index in [0.29, 0.717) is 5.69 Å². The molecule has 0 saturated heterocycles. The number of anilines is 1. The molecule has 0 aliphatic rings. The van der Waals surface area contributed by atoms with Crippen molar-refractivity contribution in [3.63, 3.8) is 0 Å². The second-order valence-corrected chi connectivity index (χ2v) is 6.07. The lowest BCUT2D eigenvalue weighted by atomic mass is 10.3. The van der Waals surface area contributed by atoms with Gasteiger partial charge in [0.05, 0.1) is 11.4 Å². The van der Waals surface area contributed by atoms with Crippen LogP contribution in [0.2, 0.25) is 0 Å². The Labute approximate surface area is 121 Å². The van der Waals surface area contributed by atoms with Gasteiger partial charge in [0.1, 0.15) is 5.69 Å². The molecule has 0 aromatic carbocycles. The van der Waals surface area contributed by atoms with E-state index in [-0.39, 0.29) is 23.6 Å². The molecular formula is C13H13N3O4S. The Hall–Kier alpha value is -2.48. The van der Waals surface area contributed by atoms with Gasteiger partial charge >= 0.3 is 5.97 Å². The third-order valence-corrected chi connectivity index (χ3v) is 3.89. The monoisotopic (exact) mass is 307 g/mol. The summed E-state index contributed by atoms with van der Waals surface area (Å²) in [7, 11) is -3.59. The Balaban J connectivity index is 2.04. The van der Waals surface area contributed by atoms with E-state index >= 15 is 0 Å². The number of hydrogen-bond acceptors (Lipinski definition) is 5. The van der Waals surface area contributed by atoms with Gasteiger partial charge in [-0.2, -0.15) is 0 Å². The molecule has 21 heavy (non-hydrogen) atoms. The summed E-state index contributed by atoms with van der Waals surface area (Å²) in [6.07, 6.45) is 3.10. The van der Waals surface area contributed by atoms with Crippen molar-refractivity contribution in [3.05, 3.63) is 54.1 Å². The zero-order valence-corrected chi connectivity index (χ0v) is 11.7. The van der Waals surface area contributed by atoms with Crippen molar-refractivity contribution in [2.24, 2.45) is 0 Å². The minimum absolute atomic E-state index is 0.144. The molecule has 0 fully saturated rings. The van der Waals surface area contributed by atoms with Crippen molar-refractivity contribution in [1.29, 1.82) is 0 Å². The van der Waals surface area contributed by atoms with Crippen LogP contribution in [-0.4, -0.2) is 35.2 Å². The average molecular weight is 307 g/mol. The van der Waals surface area contributed by atoms with Gasteiger partial charge in [-0.25, -0.2) is 18.2 Å². The van der Waals surface area contributed by atoms with E-state index in [2.05, 4.69) is 14.7 Å². The first-order valence-corrected chi connectivity index (χ1v) is 7.71. The number of sulfonamides is 1. The zero-order chi connectivity index (χ0) is 15.3. The van der Waals surface area contributed by atoms with E-state index in [1.807, 2.05) is 0 Å². The molecular weight excluding hydrogens is 294 g/mol. The quantitative estimate of drug-likeness (QED) is 0.828. The summed E-state index contributed by atoms with van der Waals surface area (Å²) in [5.74, 6) is -1.36. The molecule has 2 heterocycles. The van der Waals surface area contributed by atoms with Crippen LogP contribution in [0.15, 0.2) is 42.7 Å². The average Bonchev–Trinajstić information content (AvgIpc) is 2.46. The number of aromatic carboxylic acids is 1. The largest absolute Gasteiger partial charge is 0.477 e. The summed E-state index contributed by atoms with van der Waals surface area (Å²) in [4.78, 5) is 18.4. The van der Waals surface area contributed by atoms with Crippen LogP contribution in [0.4, 0.5) is 5.69 Å². The van der Waals surface area contributed by atoms with Gasteiger partial charge in [0.25, 0.3) is 0 Å². The van der Waals surface area contributed by atoms with Gasteiger partial charge < -0.3 is 5.11 Å². The number of carboxylic acids is 1. The van der Waals surface area contributed by atoms with Crippen LogP contribution in [0.25, 0.3) is 0 Å². The first kappa shape index (κ1) is 14.9. The highest BCUT2D eigenvalue weighted by Gasteiger charge is 2.13. The zero-order valence-electron chi connectivity index (χ0n) is 10.9. The van der Waals surface area contributed by atoms with Crippen LogP contribution in [-0.2, 0) is 16.4 Å². The summed E-state index contributed by atoms with van der Waals surface area (Å²) < 4.78 is 26.2. The first-order valence-electron chi connectivity index (χ1n) is 6.06. The topological polar surface area (TPSA) is 109 Å². The third kappa shape index (κ3) is 4.53. The number of nitrogens with one attached hydrogen (secondary N) is 1. The fourth-order valence-corrected chi connectivity index (χ4v) is 2.69. The standard InChI is InChI=1S/C13H13N3O4S/c17-13(18)12-9-11(4-7-15-12)16-21(19,20)8-5-10-3-1-2-6-14-10/h1-4,6-7,9H,5,8H2,(H,15,16)(H,17,18). The van der Waals surface area contributed by atoms with Crippen LogP contribution in [0.1, 0.15) is 16.2 Å². The SMILES string of the molecule is O=C(O)c1cc(NS(=O)(=O)CCc2ccccn2)ccn1. The number of carbonyl (C=O) groups is 1. The van der Waals surface area contributed by atoms with Crippen molar-refractivity contribution in [2.75, 3.05) is 10.5 Å². The normalized spacial score (nSPS) is 11.0. The van der Waals surface area contributed by atoms with Crippen molar-refractivity contribution < 1.29 is 18.3 Å². The van der Waals surface area contributed by atoms with Crippen LogP contribution in [0.5, 0.6) is 0 Å². The van der Waals surface area contributed by atoms with Gasteiger partial charge in [-0.05, 0) is 24.3 Å². The minimum Gasteiger partial charge on any atom is -0.477 e. The summed E-state index contributed by atoms with van der Waals surface area (Å²) in [6, 6.07) is 7.83. The highest BCUT2D eigenvalue weighted by Crippen LogP contribution is 2.11. The number of pyridine rings is 2. The number of aromatic nitrogens is 2. The molecule has 2 N–H and O–H groups in total. The lowest BCUT2D eigenvalue weighted by Crippen LogP contribution is -2.19. The minimum atomic E-state index is -3.59. The molecule has 0 radical (unpaired) electrons. The fourth-order valence-electron chi connectivity index (χ4n) is 1.63. The molecule has 0 bridgehead atoms. The molecule has 110 valence electrons. The van der Waals surface area contributed by atoms with E-state index in [9.17, 15) is 13.2 Å². The number of nitrogens with zero attached hydrogens (tertiary/aromatic N) is 2. The van der Waals surface area contributed by atoms with Crippen LogP contribution in [0, 0.1) is 0 Å². The van der Waals surface area contributed by atoms with Crippen LogP contribution < -0.4 is 4.72 Å². The summed E-state index contributed by atoms with van der Waals surface area (Å²) >= 11 is 0. The lowest BCUT2D eigenvalue weighted by molar-refractivity contribution is 0.0690. The predicted octanol–water partition coefficient (Wildman–Crippen LogP) is 1.16. The predicted molar refractivity (Wildman–Crippen MR) is 76.5 cm³/mol. The van der Waals surface area contributed by atoms with E-state index in [0.717, 1.165) is 0 Å². The van der Waals surface area contributed by atoms with Gasteiger partial charge in [0, 0.05) is 24.5 Å². The van der Waals surface area contributed by atoms with Gasteiger partial charge in [-0.3, -0.25) is 9.71 Å². The van der Waals surface area contributed by atoms with Crippen molar-refractivity contribution in [1.82, 2.24) is 9.97 Å². The Bertz CT molecular complexity index is 732. The Morgan fingerprint density at radius 2 is 2.00 bits per heavy atom. The van der Waals surface area contributed by atoms with Crippen molar-refractivity contribution >= 4 is 21.7 Å². The lowest BCUT2D eigenvalue weighted by Gasteiger charge is -2.08. The first-order chi connectivity index (χ1) is 9.96. The molecule has 8 heteroatoms. The number of rotatable bonds is 6. The maximum atomic E-state index is 11.9. The maximum absolute atomic E-state index is 11.9. The fraction of sp³-hybridized carbons (Fsp3) is 0.154. The Kier molecular flexibility index (Phi) is 4.49. The molecule has 0 spiro atoms. The molecule has 2 aromatic rings. The smallest absolute Gasteiger partial charge is 0.354 e. The summed E-state index contributed by atoms with van der Waals surface area (Å²) in [6.45, 7) is 0. The number of aryl methyl sites for hydroxylation is 1. The van der Waals surface area contributed by atoms with E-state index in [1.54, 1.807) is 24.4 Å². The van der Waals surface area contributed by atoms with Gasteiger partial charge in [-0.15, -0.1) is 0 Å². The molecule has 0 saturated carbocycles. The molecule has 2 aromatic heterocycles. The highest BCUT2D eigenvalue weighted by atomic mass is 32.2. The van der Waals surface area contributed by atoms with E-state index < -0.39 is 16.0 Å². The van der Waals surface area contributed by atoms with Gasteiger partial charge in [0.15, 0.2) is 0 Å². The summed E-state index contributed by atoms with van der Waals surface area (Å²) in [5, 5.41) is 8.81. The maximum Gasteiger partial charge on any atom is 0.354 e. The van der Waals surface area contributed by atoms with Crippen molar-refractivity contribution in [2.45, 2.75) is 6.42 Å². The number of carboxylic acid groups (broad SMARTS) is 1. The third-order valence-electron chi connectivity index (χ3n) is 2.61. The molecule has 0 aliphatic carbocycles. The second-order valence-electron chi connectivity index (χ2n) is 4.23. The Morgan fingerprint density at radius 3 is 2.67 bits per heavy atom. The van der Waals surface area contributed by atoms with Crippen molar-refractivity contribution in [3.8, 4) is 0 Å². The molecule has 7 nitrogen and oxygen atoms in total.